The maximum Gasteiger partial charge on any atom is 0.306 e. The lowest BCUT2D eigenvalue weighted by Crippen LogP contribution is -2.30. The lowest BCUT2D eigenvalue weighted by molar-refractivity contribution is -0.167. The minimum atomic E-state index is -0.811. The fourth-order valence-corrected chi connectivity index (χ4v) is 7.89. The van der Waals surface area contributed by atoms with Crippen LogP contribution >= 0.6 is 0 Å². The van der Waals surface area contributed by atoms with Crippen LogP contribution in [0.5, 0.6) is 0 Å². The molecule has 0 aromatic heterocycles. The van der Waals surface area contributed by atoms with E-state index in [1.807, 2.05) is 0 Å². The maximum atomic E-state index is 12.8. The van der Waals surface area contributed by atoms with Crippen LogP contribution in [0.2, 0.25) is 0 Å². The number of allylic oxidation sites excluding steroid dienone is 24. The molecule has 0 N–H and O–H groups in total. The second-order valence-corrected chi connectivity index (χ2v) is 19.5. The van der Waals surface area contributed by atoms with Gasteiger partial charge in [0.15, 0.2) is 6.10 Å². The number of carbonyl (C=O) groups is 3. The standard InChI is InChI=1S/C69H110O6/c1-4-7-10-13-16-19-22-25-26-27-28-29-30-31-32-33-34-35-36-37-38-39-40-41-42-45-47-50-53-56-59-62-68(71)74-65-66(75-69(72)63-60-57-54-51-48-44-24-21-18-15-12-9-6-3)64-73-67(70)61-58-55-52-49-46-43-23-20-17-14-11-8-5-2/h7-12,16-21,25-26,28-29,31-32,34-35,43-44,46,48,66H,4-6,13-15,22-24,27,30,33,36-42,45,47,49-65H2,1-3H3/b10-7-,11-8-,12-9-,19-16-,20-17-,21-18-,26-25-,29-28-,32-31-,35-34-,46-43-,48-44-. The van der Waals surface area contributed by atoms with Crippen LogP contribution in [0.1, 0.15) is 252 Å². The van der Waals surface area contributed by atoms with Crippen molar-refractivity contribution in [3.63, 3.8) is 0 Å². The van der Waals surface area contributed by atoms with Crippen LogP contribution in [0.3, 0.4) is 0 Å². The van der Waals surface area contributed by atoms with E-state index >= 15 is 0 Å². The van der Waals surface area contributed by atoms with E-state index in [2.05, 4.69) is 167 Å². The first-order valence-corrected chi connectivity index (χ1v) is 30.3. The van der Waals surface area contributed by atoms with Gasteiger partial charge in [-0.15, -0.1) is 0 Å². The van der Waals surface area contributed by atoms with Gasteiger partial charge in [0.05, 0.1) is 0 Å². The van der Waals surface area contributed by atoms with Gasteiger partial charge in [0.1, 0.15) is 13.2 Å². The molecule has 0 bridgehead atoms. The van der Waals surface area contributed by atoms with Gasteiger partial charge in [-0.25, -0.2) is 0 Å². The van der Waals surface area contributed by atoms with E-state index in [-0.39, 0.29) is 37.5 Å². The van der Waals surface area contributed by atoms with Gasteiger partial charge in [0.2, 0.25) is 0 Å². The molecule has 0 aromatic carbocycles. The Bertz CT molecular complexity index is 1660. The molecule has 0 spiro atoms. The Morgan fingerprint density at radius 1 is 0.267 bits per heavy atom. The largest absolute Gasteiger partial charge is 0.462 e. The molecule has 0 fully saturated rings. The summed E-state index contributed by atoms with van der Waals surface area (Å²) in [6.45, 7) is 6.23. The summed E-state index contributed by atoms with van der Waals surface area (Å²) in [5.41, 5.74) is 0. The van der Waals surface area contributed by atoms with Gasteiger partial charge in [0, 0.05) is 19.3 Å². The van der Waals surface area contributed by atoms with Gasteiger partial charge in [-0.3, -0.25) is 14.4 Å². The molecule has 0 amide bonds. The highest BCUT2D eigenvalue weighted by atomic mass is 16.6. The molecule has 0 saturated carbocycles. The third-order valence-electron chi connectivity index (χ3n) is 12.3. The number of carbonyl (C=O) groups excluding carboxylic acids is 3. The second-order valence-electron chi connectivity index (χ2n) is 19.5. The summed E-state index contributed by atoms with van der Waals surface area (Å²) < 4.78 is 16.8. The van der Waals surface area contributed by atoms with E-state index in [1.54, 1.807) is 0 Å². The number of ether oxygens (including phenoxy) is 3. The van der Waals surface area contributed by atoms with Crippen molar-refractivity contribution in [2.45, 2.75) is 258 Å². The molecule has 0 aliphatic carbocycles. The van der Waals surface area contributed by atoms with Crippen molar-refractivity contribution >= 4 is 17.9 Å². The first kappa shape index (κ1) is 70.3. The highest BCUT2D eigenvalue weighted by Gasteiger charge is 2.19. The zero-order chi connectivity index (χ0) is 54.3. The van der Waals surface area contributed by atoms with Gasteiger partial charge in [-0.05, 0) is 135 Å². The van der Waals surface area contributed by atoms with Crippen molar-refractivity contribution in [1.29, 1.82) is 0 Å². The number of unbranched alkanes of at least 4 members (excludes halogenated alkanes) is 18. The summed E-state index contributed by atoms with van der Waals surface area (Å²) in [6, 6.07) is 0. The number of esters is 3. The number of hydrogen-bond donors (Lipinski definition) is 0. The van der Waals surface area contributed by atoms with Gasteiger partial charge in [0.25, 0.3) is 0 Å². The Hall–Kier alpha value is -4.71. The molecule has 75 heavy (non-hydrogen) atoms. The third kappa shape index (κ3) is 60.0. The monoisotopic (exact) mass is 1030 g/mol. The van der Waals surface area contributed by atoms with Crippen LogP contribution in [0.4, 0.5) is 0 Å². The van der Waals surface area contributed by atoms with Crippen molar-refractivity contribution in [3.8, 4) is 0 Å². The van der Waals surface area contributed by atoms with Crippen LogP contribution in [0.25, 0.3) is 0 Å². The van der Waals surface area contributed by atoms with E-state index in [0.29, 0.717) is 12.8 Å². The molecule has 0 aliphatic heterocycles. The Kier molecular flexibility index (Phi) is 58.0. The number of rotatable bonds is 53. The van der Waals surface area contributed by atoms with Crippen LogP contribution in [-0.2, 0) is 28.6 Å². The highest BCUT2D eigenvalue weighted by molar-refractivity contribution is 5.71. The summed E-state index contributed by atoms with van der Waals surface area (Å²) in [5, 5.41) is 0. The van der Waals surface area contributed by atoms with E-state index in [9.17, 15) is 14.4 Å². The van der Waals surface area contributed by atoms with E-state index in [0.717, 1.165) is 148 Å². The molecule has 0 aliphatic rings. The van der Waals surface area contributed by atoms with E-state index in [1.165, 1.54) is 64.2 Å². The first-order valence-electron chi connectivity index (χ1n) is 30.3. The summed E-state index contributed by atoms with van der Waals surface area (Å²) in [7, 11) is 0. The smallest absolute Gasteiger partial charge is 0.306 e. The normalized spacial score (nSPS) is 13.2. The topological polar surface area (TPSA) is 78.9 Å². The third-order valence-corrected chi connectivity index (χ3v) is 12.3. The summed E-state index contributed by atoms with van der Waals surface area (Å²) in [4.78, 5) is 38.1. The fraction of sp³-hybridized carbons (Fsp3) is 0.609. The van der Waals surface area contributed by atoms with Gasteiger partial charge in [-0.1, -0.05) is 244 Å². The summed E-state index contributed by atoms with van der Waals surface area (Å²) in [5.74, 6) is -0.972. The predicted molar refractivity (Wildman–Crippen MR) is 325 cm³/mol. The second kappa shape index (κ2) is 61.8. The van der Waals surface area contributed by atoms with Crippen molar-refractivity contribution in [2.24, 2.45) is 0 Å². The van der Waals surface area contributed by atoms with Crippen LogP contribution in [-0.4, -0.2) is 37.2 Å². The molecule has 1 unspecified atom stereocenters. The Morgan fingerprint density at radius 2 is 0.480 bits per heavy atom. The van der Waals surface area contributed by atoms with Gasteiger partial charge < -0.3 is 14.2 Å². The van der Waals surface area contributed by atoms with Crippen molar-refractivity contribution in [2.75, 3.05) is 13.2 Å². The van der Waals surface area contributed by atoms with E-state index < -0.39 is 6.10 Å². The Labute approximate surface area is 461 Å². The molecule has 6 nitrogen and oxygen atoms in total. The van der Waals surface area contributed by atoms with Crippen molar-refractivity contribution in [3.05, 3.63) is 146 Å². The average Bonchev–Trinajstić information content (AvgIpc) is 3.41. The molecule has 0 heterocycles. The molecular weight excluding hydrogens is 925 g/mol. The van der Waals surface area contributed by atoms with Crippen LogP contribution in [0.15, 0.2) is 146 Å². The van der Waals surface area contributed by atoms with Gasteiger partial charge in [-0.2, -0.15) is 0 Å². The lowest BCUT2D eigenvalue weighted by atomic mass is 10.0. The molecule has 422 valence electrons. The SMILES string of the molecule is CC/C=C\C/C=C\C/C=C\C/C=C\C/C=C\C/C=C\CCCCCCCCCCCCCCC(=O)OCC(COC(=O)CCCCC/C=C\C/C=C\C/C=C\CC)OC(=O)CCCCC/C=C\C/C=C\C/C=C\CC. The number of hydrogen-bond acceptors (Lipinski definition) is 6. The quantitative estimate of drug-likeness (QED) is 0.0261. The molecule has 1 atom stereocenters. The lowest BCUT2D eigenvalue weighted by Gasteiger charge is -2.18. The summed E-state index contributed by atoms with van der Waals surface area (Å²) in [6.07, 6.45) is 88.6. The van der Waals surface area contributed by atoms with Gasteiger partial charge >= 0.3 is 17.9 Å². The zero-order valence-electron chi connectivity index (χ0n) is 48.3. The van der Waals surface area contributed by atoms with Crippen molar-refractivity contribution in [1.82, 2.24) is 0 Å². The molecule has 0 saturated heterocycles. The average molecular weight is 1040 g/mol. The minimum Gasteiger partial charge on any atom is -0.462 e. The van der Waals surface area contributed by atoms with Crippen LogP contribution < -0.4 is 0 Å². The molecule has 6 heteroatoms. The molecular formula is C69H110O6. The Balaban J connectivity index is 4.26. The maximum absolute atomic E-state index is 12.8. The highest BCUT2D eigenvalue weighted by Crippen LogP contribution is 2.15. The fourth-order valence-electron chi connectivity index (χ4n) is 7.89. The predicted octanol–water partition coefficient (Wildman–Crippen LogP) is 20.8. The molecule has 0 radical (unpaired) electrons. The Morgan fingerprint density at radius 3 is 0.760 bits per heavy atom. The molecule has 0 aromatic rings. The zero-order valence-corrected chi connectivity index (χ0v) is 48.3. The van der Waals surface area contributed by atoms with E-state index in [4.69, 9.17) is 14.2 Å². The van der Waals surface area contributed by atoms with Crippen LogP contribution in [0, 0.1) is 0 Å². The summed E-state index contributed by atoms with van der Waals surface area (Å²) >= 11 is 0. The minimum absolute atomic E-state index is 0.105. The first-order chi connectivity index (χ1) is 37.0. The molecule has 0 rings (SSSR count). The van der Waals surface area contributed by atoms with Crippen molar-refractivity contribution < 1.29 is 28.6 Å².